The number of aromatic nitrogens is 1. The van der Waals surface area contributed by atoms with Crippen LogP contribution in [0.2, 0.25) is 5.02 Å². The maximum Gasteiger partial charge on any atom is 0.335 e. The highest BCUT2D eigenvalue weighted by Crippen LogP contribution is 2.45. The Labute approximate surface area is 225 Å². The molecule has 10 heteroatoms. The van der Waals surface area contributed by atoms with E-state index in [1.807, 2.05) is 25.1 Å². The lowest BCUT2D eigenvalue weighted by Crippen LogP contribution is -2.46. The lowest BCUT2D eigenvalue weighted by molar-refractivity contribution is -0.0219. The van der Waals surface area contributed by atoms with Crippen molar-refractivity contribution in [3.8, 4) is 11.3 Å². The van der Waals surface area contributed by atoms with Crippen LogP contribution in [0.5, 0.6) is 0 Å². The molecule has 1 aliphatic heterocycles. The molecule has 1 aliphatic carbocycles. The van der Waals surface area contributed by atoms with E-state index >= 15 is 4.39 Å². The number of piperidine rings is 1. The molecule has 0 atom stereocenters. The first-order valence-corrected chi connectivity index (χ1v) is 13.0. The average Bonchev–Trinajstić information content (AvgIpc) is 3.65. The van der Waals surface area contributed by atoms with Gasteiger partial charge in [0.15, 0.2) is 0 Å². The van der Waals surface area contributed by atoms with Crippen LogP contribution in [0.1, 0.15) is 64.4 Å². The van der Waals surface area contributed by atoms with Gasteiger partial charge in [-0.25, -0.2) is 9.18 Å². The predicted octanol–water partition coefficient (Wildman–Crippen LogP) is 5.81. The monoisotopic (exact) mass is 540 g/mol. The molecule has 0 spiro atoms. The summed E-state index contributed by atoms with van der Waals surface area (Å²) < 4.78 is 27.4. The first-order valence-electron chi connectivity index (χ1n) is 12.6. The number of halogens is 2. The van der Waals surface area contributed by atoms with Crippen LogP contribution < -0.4 is 5.73 Å². The number of carboxylic acid groups (broad SMARTS) is 1. The van der Waals surface area contributed by atoms with Crippen LogP contribution in [0.15, 0.2) is 40.9 Å². The van der Waals surface area contributed by atoms with Crippen molar-refractivity contribution in [1.82, 2.24) is 10.1 Å². The highest BCUT2D eigenvalue weighted by Gasteiger charge is 2.37. The molecule has 2 aliphatic rings. The molecule has 0 amide bonds. The normalized spacial score (nSPS) is 17.0. The lowest BCUT2D eigenvalue weighted by atomic mass is 9.93. The molecular formula is C28H30ClFN4O4. The SMILES string of the molecule is Cc1cccc(Cl)c1-c1noc(C2CC2)c1COCC1(F)CCN(C(=N)c2cc(C(=O)O)ccc2N)CC1. The van der Waals surface area contributed by atoms with Crippen LogP contribution in [0.3, 0.4) is 0 Å². The lowest BCUT2D eigenvalue weighted by Gasteiger charge is -2.37. The van der Waals surface area contributed by atoms with E-state index < -0.39 is 11.6 Å². The van der Waals surface area contributed by atoms with Gasteiger partial charge in [-0.3, -0.25) is 5.41 Å². The molecule has 1 saturated carbocycles. The molecule has 2 fully saturated rings. The molecule has 0 unspecified atom stereocenters. The minimum atomic E-state index is -1.55. The third-order valence-electron chi connectivity index (χ3n) is 7.36. The minimum Gasteiger partial charge on any atom is -0.478 e. The fourth-order valence-electron chi connectivity index (χ4n) is 4.93. The molecule has 1 saturated heterocycles. The third kappa shape index (κ3) is 5.26. The van der Waals surface area contributed by atoms with Crippen LogP contribution in [0.25, 0.3) is 11.3 Å². The molecule has 200 valence electrons. The van der Waals surface area contributed by atoms with Gasteiger partial charge in [-0.1, -0.05) is 28.9 Å². The van der Waals surface area contributed by atoms with Crippen molar-refractivity contribution in [3.05, 3.63) is 69.4 Å². The van der Waals surface area contributed by atoms with Crippen molar-refractivity contribution in [1.29, 1.82) is 5.41 Å². The quantitative estimate of drug-likeness (QED) is 0.187. The number of carbonyl (C=O) groups is 1. The van der Waals surface area contributed by atoms with Gasteiger partial charge in [-0.15, -0.1) is 0 Å². The van der Waals surface area contributed by atoms with E-state index in [1.54, 1.807) is 4.90 Å². The third-order valence-corrected chi connectivity index (χ3v) is 7.68. The van der Waals surface area contributed by atoms with Crippen molar-refractivity contribution < 1.29 is 23.6 Å². The summed E-state index contributed by atoms with van der Waals surface area (Å²) in [6.07, 6.45) is 2.39. The van der Waals surface area contributed by atoms with Crippen LogP contribution in [0, 0.1) is 12.3 Å². The number of ether oxygens (including phenoxy) is 1. The summed E-state index contributed by atoms with van der Waals surface area (Å²) in [5.74, 6) is 0.0879. The first kappa shape index (κ1) is 26.2. The highest BCUT2D eigenvalue weighted by atomic mass is 35.5. The van der Waals surface area contributed by atoms with Crippen LogP contribution in [-0.2, 0) is 11.3 Å². The molecular weight excluding hydrogens is 511 g/mol. The number of nitrogens with one attached hydrogen (secondary N) is 1. The van der Waals surface area contributed by atoms with Crippen LogP contribution >= 0.6 is 11.6 Å². The Morgan fingerprint density at radius 1 is 1.32 bits per heavy atom. The van der Waals surface area contributed by atoms with E-state index in [2.05, 4.69) is 5.16 Å². The van der Waals surface area contributed by atoms with Gasteiger partial charge < -0.3 is 25.0 Å². The van der Waals surface area contributed by atoms with Crippen molar-refractivity contribution in [3.63, 3.8) is 0 Å². The van der Waals surface area contributed by atoms with E-state index in [1.165, 1.54) is 18.2 Å². The van der Waals surface area contributed by atoms with E-state index in [9.17, 15) is 9.90 Å². The summed E-state index contributed by atoms with van der Waals surface area (Å²) in [7, 11) is 0. The first-order chi connectivity index (χ1) is 18.2. The highest BCUT2D eigenvalue weighted by molar-refractivity contribution is 6.33. The second-order valence-corrected chi connectivity index (χ2v) is 10.6. The van der Waals surface area contributed by atoms with Gasteiger partial charge in [0.1, 0.15) is 23.0 Å². The molecule has 38 heavy (non-hydrogen) atoms. The second-order valence-electron chi connectivity index (χ2n) is 10.2. The summed E-state index contributed by atoms with van der Waals surface area (Å²) in [5, 5.41) is 22.7. The number of rotatable bonds is 8. The largest absolute Gasteiger partial charge is 0.478 e. The van der Waals surface area contributed by atoms with E-state index in [0.717, 1.165) is 35.3 Å². The van der Waals surface area contributed by atoms with Gasteiger partial charge in [0, 0.05) is 54.2 Å². The molecule has 2 aromatic carbocycles. The summed E-state index contributed by atoms with van der Waals surface area (Å²) >= 11 is 6.49. The van der Waals surface area contributed by atoms with Gasteiger partial charge in [0.2, 0.25) is 0 Å². The van der Waals surface area contributed by atoms with Gasteiger partial charge in [0.25, 0.3) is 0 Å². The molecule has 5 rings (SSSR count). The fraction of sp³-hybridized carbons (Fsp3) is 0.393. The van der Waals surface area contributed by atoms with E-state index in [4.69, 9.17) is 32.0 Å². The maximum atomic E-state index is 15.7. The number of carboxylic acids is 1. The number of amidine groups is 1. The number of nitrogens with two attached hydrogens (primary N) is 1. The molecule has 8 nitrogen and oxygen atoms in total. The Bertz CT molecular complexity index is 1360. The number of nitrogens with zero attached hydrogens (tertiary/aromatic N) is 2. The van der Waals surface area contributed by atoms with Gasteiger partial charge in [-0.2, -0.15) is 0 Å². The zero-order chi connectivity index (χ0) is 27.0. The maximum absolute atomic E-state index is 15.7. The van der Waals surface area contributed by atoms with Crippen molar-refractivity contribution in [2.75, 3.05) is 25.4 Å². The summed E-state index contributed by atoms with van der Waals surface area (Å²) in [6, 6.07) is 9.92. The number of nitrogen functional groups attached to an aromatic ring is 1. The standard InChI is InChI=1S/C28H30ClFN4O4/c1-16-3-2-4-21(29)23(16)24-20(25(38-33-24)17-5-6-17)14-37-15-28(30)9-11-34(12-10-28)26(32)19-13-18(27(35)36)7-8-22(19)31/h2-4,7-8,13,17,32H,5-6,9-12,14-15,31H2,1H3,(H,35,36). The minimum absolute atomic E-state index is 0.0508. The Kier molecular flexibility index (Phi) is 7.15. The fourth-order valence-corrected chi connectivity index (χ4v) is 5.24. The Morgan fingerprint density at radius 3 is 2.71 bits per heavy atom. The smallest absolute Gasteiger partial charge is 0.335 e. The van der Waals surface area contributed by atoms with E-state index in [0.29, 0.717) is 41.0 Å². The molecule has 3 aromatic rings. The van der Waals surface area contributed by atoms with Gasteiger partial charge in [-0.05, 0) is 49.6 Å². The second kappa shape index (κ2) is 10.4. The predicted molar refractivity (Wildman–Crippen MR) is 143 cm³/mol. The molecule has 2 heterocycles. The zero-order valence-electron chi connectivity index (χ0n) is 21.1. The average molecular weight is 541 g/mol. The van der Waals surface area contributed by atoms with Crippen LogP contribution in [0.4, 0.5) is 10.1 Å². The molecule has 1 aromatic heterocycles. The van der Waals surface area contributed by atoms with Crippen molar-refractivity contribution in [2.45, 2.75) is 50.8 Å². The number of likely N-dealkylation sites (tertiary alicyclic amines) is 1. The van der Waals surface area contributed by atoms with Gasteiger partial charge >= 0.3 is 5.97 Å². The number of aromatic carboxylic acids is 1. The summed E-state index contributed by atoms with van der Waals surface area (Å²) in [5.41, 5.74) is 8.38. The number of anilines is 1. The van der Waals surface area contributed by atoms with Crippen LogP contribution in [-0.4, -0.2) is 52.3 Å². The number of hydrogen-bond donors (Lipinski definition) is 3. The van der Waals surface area contributed by atoms with Crippen molar-refractivity contribution >= 4 is 29.1 Å². The topological polar surface area (TPSA) is 126 Å². The van der Waals surface area contributed by atoms with E-state index in [-0.39, 0.29) is 37.5 Å². The Morgan fingerprint density at radius 2 is 2.05 bits per heavy atom. The summed E-state index contributed by atoms with van der Waals surface area (Å²) in [4.78, 5) is 13.0. The number of hydrogen-bond acceptors (Lipinski definition) is 6. The Hall–Kier alpha value is -3.43. The zero-order valence-corrected chi connectivity index (χ0v) is 21.9. The summed E-state index contributed by atoms with van der Waals surface area (Å²) in [6.45, 7) is 2.62. The molecule has 0 bridgehead atoms. The molecule has 4 N–H and O–H groups in total. The van der Waals surface area contributed by atoms with Gasteiger partial charge in [0.05, 0.1) is 23.8 Å². The Balaban J connectivity index is 1.24. The number of alkyl halides is 1. The van der Waals surface area contributed by atoms with Crippen molar-refractivity contribution in [2.24, 2.45) is 0 Å². The number of aryl methyl sites for hydroxylation is 1. The number of benzene rings is 2. The molecule has 0 radical (unpaired) electrons.